The first-order valence-corrected chi connectivity index (χ1v) is 6.97. The van der Waals surface area contributed by atoms with Crippen molar-refractivity contribution < 1.29 is 4.79 Å². The fourth-order valence-electron chi connectivity index (χ4n) is 1.35. The normalized spacial score (nSPS) is 11.6. The van der Waals surface area contributed by atoms with Crippen molar-refractivity contribution in [2.45, 2.75) is 27.2 Å². The van der Waals surface area contributed by atoms with Crippen LogP contribution in [0.5, 0.6) is 0 Å². The van der Waals surface area contributed by atoms with Crippen LogP contribution in [0.1, 0.15) is 40.4 Å². The molecule has 0 aliphatic carbocycles. The number of hydrogen-bond donors (Lipinski definition) is 2. The Morgan fingerprint density at radius 1 is 1.61 bits per heavy atom. The maximum Gasteiger partial charge on any atom is 0.261 e. The fourth-order valence-corrected chi connectivity index (χ4v) is 2.31. The van der Waals surface area contributed by atoms with Crippen LogP contribution in [0, 0.1) is 24.7 Å². The maximum absolute atomic E-state index is 11.9. The van der Waals surface area contributed by atoms with E-state index in [4.69, 9.17) is 5.73 Å². The second-order valence-electron chi connectivity index (χ2n) is 4.35. The van der Waals surface area contributed by atoms with E-state index in [0.29, 0.717) is 12.5 Å². The molecule has 0 saturated heterocycles. The Labute approximate surface area is 113 Å². The van der Waals surface area contributed by atoms with E-state index in [9.17, 15) is 4.79 Å². The fraction of sp³-hybridized carbons (Fsp3) is 0.500. The van der Waals surface area contributed by atoms with Gasteiger partial charge in [0, 0.05) is 6.54 Å². The van der Waals surface area contributed by atoms with Gasteiger partial charge in [-0.25, -0.2) is 0 Å². The number of carbonyl (C=O) groups excluding carboxylic acids is 1. The summed E-state index contributed by atoms with van der Waals surface area (Å²) in [6, 6.07) is 1.89. The molecule has 3 nitrogen and oxygen atoms in total. The van der Waals surface area contributed by atoms with Gasteiger partial charge in [0.25, 0.3) is 5.91 Å². The van der Waals surface area contributed by atoms with Gasteiger partial charge in [-0.3, -0.25) is 4.79 Å². The third-order valence-corrected chi connectivity index (χ3v) is 3.90. The number of hydrogen-bond acceptors (Lipinski definition) is 3. The van der Waals surface area contributed by atoms with E-state index in [1.165, 1.54) is 11.3 Å². The minimum atomic E-state index is -0.0100. The van der Waals surface area contributed by atoms with Gasteiger partial charge < -0.3 is 11.1 Å². The van der Waals surface area contributed by atoms with Crippen molar-refractivity contribution in [3.8, 4) is 11.8 Å². The molecule has 4 heteroatoms. The van der Waals surface area contributed by atoms with Crippen molar-refractivity contribution in [3.63, 3.8) is 0 Å². The summed E-state index contributed by atoms with van der Waals surface area (Å²) in [5.41, 5.74) is 6.38. The Morgan fingerprint density at radius 2 is 2.33 bits per heavy atom. The minimum Gasteiger partial charge on any atom is -0.351 e. The summed E-state index contributed by atoms with van der Waals surface area (Å²) in [5.74, 6) is 6.30. The molecule has 3 N–H and O–H groups in total. The van der Waals surface area contributed by atoms with Gasteiger partial charge in [0.15, 0.2) is 0 Å². The zero-order chi connectivity index (χ0) is 13.5. The molecule has 0 radical (unpaired) electrons. The van der Waals surface area contributed by atoms with Crippen LogP contribution < -0.4 is 11.1 Å². The lowest BCUT2D eigenvalue weighted by Gasteiger charge is -2.08. The topological polar surface area (TPSA) is 55.1 Å². The zero-order valence-corrected chi connectivity index (χ0v) is 12.0. The monoisotopic (exact) mass is 264 g/mol. The maximum atomic E-state index is 11.9. The third-order valence-electron chi connectivity index (χ3n) is 2.75. The van der Waals surface area contributed by atoms with Gasteiger partial charge in [-0.2, -0.15) is 0 Å². The second-order valence-corrected chi connectivity index (χ2v) is 5.40. The highest BCUT2D eigenvalue weighted by atomic mass is 32.1. The van der Waals surface area contributed by atoms with Crippen LogP contribution in [0.15, 0.2) is 6.07 Å². The number of amides is 1. The Morgan fingerprint density at radius 3 is 2.94 bits per heavy atom. The molecule has 0 aliphatic heterocycles. The van der Waals surface area contributed by atoms with Gasteiger partial charge >= 0.3 is 0 Å². The standard InChI is InChI=1S/C14H20N2OS/c1-4-10(2)9-16-14(17)13-8-11(3)12(18-13)6-5-7-15/h8,10H,4,7,9,15H2,1-3H3,(H,16,17). The van der Waals surface area contributed by atoms with Crippen LogP contribution in [0.4, 0.5) is 0 Å². The van der Waals surface area contributed by atoms with E-state index in [1.807, 2.05) is 13.0 Å². The highest BCUT2D eigenvalue weighted by molar-refractivity contribution is 7.14. The number of thiophene rings is 1. The van der Waals surface area contributed by atoms with E-state index in [1.54, 1.807) is 0 Å². The zero-order valence-electron chi connectivity index (χ0n) is 11.2. The molecule has 1 amide bonds. The average Bonchev–Trinajstić information content (AvgIpc) is 2.74. The molecular weight excluding hydrogens is 244 g/mol. The summed E-state index contributed by atoms with van der Waals surface area (Å²) in [5, 5.41) is 2.94. The van der Waals surface area contributed by atoms with Crippen molar-refractivity contribution in [2.24, 2.45) is 11.7 Å². The summed E-state index contributed by atoms with van der Waals surface area (Å²) in [7, 11) is 0. The largest absolute Gasteiger partial charge is 0.351 e. The van der Waals surface area contributed by atoms with Gasteiger partial charge in [-0.05, 0) is 24.5 Å². The van der Waals surface area contributed by atoms with Gasteiger partial charge in [-0.1, -0.05) is 32.1 Å². The van der Waals surface area contributed by atoms with Crippen molar-refractivity contribution in [1.29, 1.82) is 0 Å². The molecule has 0 aliphatic rings. The van der Waals surface area contributed by atoms with Crippen molar-refractivity contribution in [3.05, 3.63) is 21.4 Å². The smallest absolute Gasteiger partial charge is 0.261 e. The van der Waals surface area contributed by atoms with Gasteiger partial charge in [0.05, 0.1) is 16.3 Å². The van der Waals surface area contributed by atoms with E-state index in [0.717, 1.165) is 28.3 Å². The second kappa shape index (κ2) is 7.20. The number of rotatable bonds is 4. The molecule has 1 aromatic rings. The summed E-state index contributed by atoms with van der Waals surface area (Å²) < 4.78 is 0. The molecule has 0 saturated carbocycles. The molecule has 1 unspecified atom stereocenters. The lowest BCUT2D eigenvalue weighted by molar-refractivity contribution is 0.0952. The Balaban J connectivity index is 2.69. The quantitative estimate of drug-likeness (QED) is 0.819. The SMILES string of the molecule is CCC(C)CNC(=O)c1cc(C)c(C#CCN)s1. The van der Waals surface area contributed by atoms with Gasteiger partial charge in [-0.15, -0.1) is 11.3 Å². The summed E-state index contributed by atoms with van der Waals surface area (Å²) in [6.45, 7) is 7.26. The van der Waals surface area contributed by atoms with Gasteiger partial charge in [0.2, 0.25) is 0 Å². The van der Waals surface area contributed by atoms with Crippen LogP contribution in [-0.4, -0.2) is 19.0 Å². The molecule has 1 heterocycles. The van der Waals surface area contributed by atoms with Crippen molar-refractivity contribution in [1.82, 2.24) is 5.32 Å². The molecular formula is C14H20N2OS. The van der Waals surface area contributed by atoms with E-state index in [2.05, 4.69) is 31.0 Å². The van der Waals surface area contributed by atoms with E-state index >= 15 is 0 Å². The first-order chi connectivity index (χ1) is 8.58. The Bertz CT molecular complexity index is 468. The predicted octanol–water partition coefficient (Wildman–Crippen LogP) is 2.14. The Hall–Kier alpha value is -1.31. The molecule has 1 rings (SSSR count). The minimum absolute atomic E-state index is 0.0100. The highest BCUT2D eigenvalue weighted by Gasteiger charge is 2.11. The molecule has 18 heavy (non-hydrogen) atoms. The number of aryl methyl sites for hydroxylation is 1. The van der Waals surface area contributed by atoms with Crippen molar-refractivity contribution in [2.75, 3.05) is 13.1 Å². The Kier molecular flexibility index (Phi) is 5.90. The lowest BCUT2D eigenvalue weighted by Crippen LogP contribution is -2.27. The van der Waals surface area contributed by atoms with E-state index in [-0.39, 0.29) is 5.91 Å². The average molecular weight is 264 g/mol. The number of nitrogens with one attached hydrogen (secondary N) is 1. The van der Waals surface area contributed by atoms with Crippen molar-refractivity contribution >= 4 is 17.2 Å². The molecule has 0 fully saturated rings. The predicted molar refractivity (Wildman–Crippen MR) is 76.8 cm³/mol. The van der Waals surface area contributed by atoms with Crippen LogP contribution in [0.3, 0.4) is 0 Å². The van der Waals surface area contributed by atoms with Crippen LogP contribution in [0.2, 0.25) is 0 Å². The van der Waals surface area contributed by atoms with Crippen LogP contribution in [0.25, 0.3) is 0 Å². The molecule has 0 aromatic carbocycles. The lowest BCUT2D eigenvalue weighted by atomic mass is 10.1. The first kappa shape index (κ1) is 14.7. The van der Waals surface area contributed by atoms with Gasteiger partial charge in [0.1, 0.15) is 0 Å². The molecule has 1 aromatic heterocycles. The molecule has 0 spiro atoms. The first-order valence-electron chi connectivity index (χ1n) is 6.16. The summed E-state index contributed by atoms with van der Waals surface area (Å²) >= 11 is 1.43. The third kappa shape index (κ3) is 4.17. The number of nitrogens with two attached hydrogens (primary N) is 1. The summed E-state index contributed by atoms with van der Waals surface area (Å²) in [6.07, 6.45) is 1.07. The van der Waals surface area contributed by atoms with Crippen LogP contribution >= 0.6 is 11.3 Å². The van der Waals surface area contributed by atoms with Crippen LogP contribution in [-0.2, 0) is 0 Å². The number of carbonyl (C=O) groups is 1. The summed E-state index contributed by atoms with van der Waals surface area (Å²) in [4.78, 5) is 13.6. The molecule has 98 valence electrons. The molecule has 1 atom stereocenters. The highest BCUT2D eigenvalue weighted by Crippen LogP contribution is 2.20. The van der Waals surface area contributed by atoms with E-state index < -0.39 is 0 Å². The molecule has 0 bridgehead atoms.